The number of alkyl halides is 2. The van der Waals surface area contributed by atoms with Crippen LogP contribution in [-0.4, -0.2) is 89.3 Å². The van der Waals surface area contributed by atoms with E-state index >= 15 is 0 Å². The third kappa shape index (κ3) is 18.5. The van der Waals surface area contributed by atoms with Crippen LogP contribution in [0.4, 0.5) is 8.78 Å². The second-order valence-corrected chi connectivity index (χ2v) is 30.4. The van der Waals surface area contributed by atoms with Crippen molar-refractivity contribution in [3.05, 3.63) is 186 Å². The van der Waals surface area contributed by atoms with Gasteiger partial charge in [0.2, 0.25) is 0 Å². The zero-order valence-electron chi connectivity index (χ0n) is 56.6. The first-order chi connectivity index (χ1) is 44.0. The van der Waals surface area contributed by atoms with Crippen molar-refractivity contribution in [2.45, 2.75) is 204 Å². The second kappa shape index (κ2) is 31.4. The molecule has 0 spiro atoms. The molecular formula is C75H92F2O15S2. The lowest BCUT2D eigenvalue weighted by Gasteiger charge is -2.40. The Balaban J connectivity index is 0.000000188. The molecule has 3 saturated heterocycles. The van der Waals surface area contributed by atoms with Crippen molar-refractivity contribution in [2.75, 3.05) is 0 Å². The maximum Gasteiger partial charge on any atom is 0.369 e. The lowest BCUT2D eigenvalue weighted by atomic mass is 9.71. The van der Waals surface area contributed by atoms with Gasteiger partial charge in [-0.2, -0.15) is 8.78 Å². The van der Waals surface area contributed by atoms with Crippen molar-refractivity contribution < 1.29 is 79.3 Å². The number of aromatic hydroxyl groups is 1. The average Bonchev–Trinajstić information content (AvgIpc) is 1.51. The van der Waals surface area contributed by atoms with Gasteiger partial charge in [-0.25, -0.2) is 8.42 Å². The Morgan fingerprint density at radius 2 is 0.989 bits per heavy atom. The molecule has 3 heterocycles. The van der Waals surface area contributed by atoms with Crippen LogP contribution in [0.1, 0.15) is 164 Å². The molecule has 10 rings (SSSR count). The second-order valence-electron chi connectivity index (χ2n) is 26.9. The average molecular weight is 1340 g/mol. The van der Waals surface area contributed by atoms with Gasteiger partial charge in [-0.05, 0) is 198 Å². The Bertz CT molecular complexity index is 3490. The summed E-state index contributed by atoms with van der Waals surface area (Å²) in [4.78, 5) is 63.5. The summed E-state index contributed by atoms with van der Waals surface area (Å²) in [6.07, 6.45) is 0.575. The Hall–Kier alpha value is -7.45. The fourth-order valence-electron chi connectivity index (χ4n) is 10.2. The van der Waals surface area contributed by atoms with Crippen LogP contribution in [0, 0.1) is 27.6 Å². The van der Waals surface area contributed by atoms with Crippen LogP contribution < -0.4 is 4.74 Å². The van der Waals surface area contributed by atoms with Crippen LogP contribution in [0.25, 0.3) is 0 Å². The molecule has 3 fully saturated rings. The maximum atomic E-state index is 13.0. The zero-order valence-corrected chi connectivity index (χ0v) is 58.2. The summed E-state index contributed by atoms with van der Waals surface area (Å²) in [6.45, 7) is 26.5. The van der Waals surface area contributed by atoms with Gasteiger partial charge in [-0.1, -0.05) is 131 Å². The predicted octanol–water partition coefficient (Wildman–Crippen LogP) is 15.5. The summed E-state index contributed by atoms with van der Waals surface area (Å²) >= 11 is 0. The van der Waals surface area contributed by atoms with Gasteiger partial charge in [-0.15, -0.1) is 0 Å². The van der Waals surface area contributed by atoms with Crippen LogP contribution in [0.15, 0.2) is 178 Å². The zero-order chi connectivity index (χ0) is 69.8. The molecule has 15 nitrogen and oxygen atoms in total. The van der Waals surface area contributed by atoms with Crippen molar-refractivity contribution in [3.63, 3.8) is 0 Å². The first kappa shape index (κ1) is 75.6. The van der Waals surface area contributed by atoms with E-state index in [9.17, 15) is 45.7 Å². The SMILES string of the molecule is CCC(C)(C)C(=O)OC(C)(C)C1c2ccccc2Cc2ccccc21.CCC(C)(C)C(=O)OC(C)C(F)(F)S(=O)(=O)[O-].CCC(C)(C)C(=O)OC1C2CC3C(=O)OC1C3O2.CCC(C)(C)C(=O)Oc1ccc(O)cc1.c1ccc([S+](c2ccccc2)c2ccccc2)cc1. The van der Waals surface area contributed by atoms with Gasteiger partial charge in [0.1, 0.15) is 23.2 Å². The summed E-state index contributed by atoms with van der Waals surface area (Å²) in [6, 6.07) is 55.3. The van der Waals surface area contributed by atoms with E-state index in [1.54, 1.807) is 19.1 Å². The van der Waals surface area contributed by atoms with Crippen molar-refractivity contribution in [1.82, 2.24) is 0 Å². The molecule has 1 aliphatic carbocycles. The van der Waals surface area contributed by atoms with Gasteiger partial charge in [0, 0.05) is 5.92 Å². The molecule has 6 aromatic carbocycles. The van der Waals surface area contributed by atoms with Crippen LogP contribution >= 0.6 is 0 Å². The maximum absolute atomic E-state index is 13.0. The van der Waals surface area contributed by atoms with E-state index in [0.29, 0.717) is 31.9 Å². The fraction of sp³-hybridized carbons (Fsp3) is 0.453. The van der Waals surface area contributed by atoms with E-state index < -0.39 is 66.9 Å². The number of benzene rings is 6. The highest BCUT2D eigenvalue weighted by molar-refractivity contribution is 7.97. The van der Waals surface area contributed by atoms with E-state index in [4.69, 9.17) is 28.8 Å². The number of phenolic OH excluding ortho intramolecular Hbond substituents is 1. The largest absolute Gasteiger partial charge is 0.743 e. The van der Waals surface area contributed by atoms with Crippen LogP contribution in [0.2, 0.25) is 0 Å². The lowest BCUT2D eigenvalue weighted by molar-refractivity contribution is -0.170. The smallest absolute Gasteiger partial charge is 0.369 e. The summed E-state index contributed by atoms with van der Waals surface area (Å²) in [5, 5.41) is 4.42. The van der Waals surface area contributed by atoms with E-state index in [1.165, 1.54) is 62.9 Å². The molecule has 508 valence electrons. The fourth-order valence-corrected chi connectivity index (χ4v) is 12.7. The number of esters is 5. The Kier molecular flexibility index (Phi) is 25.2. The number of halogens is 2. The number of rotatable bonds is 18. The minimum absolute atomic E-state index is 0.0146. The summed E-state index contributed by atoms with van der Waals surface area (Å²) in [5.74, 6) is -1.29. The molecular weight excluding hydrogens is 1240 g/mol. The highest BCUT2D eigenvalue weighted by Gasteiger charge is 2.65. The van der Waals surface area contributed by atoms with Crippen molar-refractivity contribution >= 4 is 50.9 Å². The number of hydrogen-bond donors (Lipinski definition) is 1. The molecule has 2 bridgehead atoms. The molecule has 6 unspecified atom stereocenters. The van der Waals surface area contributed by atoms with E-state index in [-0.39, 0.29) is 64.6 Å². The van der Waals surface area contributed by atoms with Crippen molar-refractivity contribution in [2.24, 2.45) is 27.6 Å². The van der Waals surface area contributed by atoms with Gasteiger partial charge < -0.3 is 38.1 Å². The molecule has 1 N–H and O–H groups in total. The summed E-state index contributed by atoms with van der Waals surface area (Å²) in [7, 11) is -5.87. The first-order valence-electron chi connectivity index (χ1n) is 31.9. The molecule has 94 heavy (non-hydrogen) atoms. The van der Waals surface area contributed by atoms with E-state index in [1.807, 2.05) is 76.2 Å². The number of hydrogen-bond acceptors (Lipinski definition) is 15. The van der Waals surface area contributed by atoms with E-state index in [0.717, 1.165) is 19.3 Å². The molecule has 0 saturated carbocycles. The Labute approximate surface area is 556 Å². The molecule has 3 aliphatic heterocycles. The molecule has 6 aromatic rings. The van der Waals surface area contributed by atoms with Gasteiger partial charge >= 0.3 is 35.1 Å². The lowest BCUT2D eigenvalue weighted by Crippen LogP contribution is -2.44. The number of carbonyl (C=O) groups is 5. The van der Waals surface area contributed by atoms with Gasteiger partial charge in [0.15, 0.2) is 43.1 Å². The topological polar surface area (TPSA) is 218 Å². The summed E-state index contributed by atoms with van der Waals surface area (Å²) < 4.78 is 89.0. The number of ether oxygens (including phenoxy) is 6. The highest BCUT2D eigenvalue weighted by atomic mass is 32.2. The standard InChI is InChI=1S/C23H28O2.C18H15S.C13H18O5.C12H16O3.C9H16F2O5S/c1-6-22(2,3)21(24)25-23(4,5)20-18-13-9-7-11-16(18)15-17-12-8-10-14-19(17)20;1-4-10-16(11-5-1)19(17-12-6-2-7-13-17)18-14-8-3-9-15-18;1-4-13(2,3)12(15)18-9-7-5-6-8(16-7)10(9)17-11(6)14;1-4-12(2,3)11(14)15-10-7-5-9(13)6-8-10;1-5-8(3,4)7(12)16-6(2)9(10,11)17(13,14)15/h7-14,20H,6,15H2,1-5H3;1-15H;6-10H,4-5H2,1-3H3;5-8,13H,4H2,1-3H3;6H,5H2,1-4H3,(H,13,14,15)/q;+1;;;/p-1. The Morgan fingerprint density at radius 3 is 1.43 bits per heavy atom. The highest BCUT2D eigenvalue weighted by Crippen LogP contribution is 2.49. The predicted molar refractivity (Wildman–Crippen MR) is 356 cm³/mol. The quantitative estimate of drug-likeness (QED) is 0.0278. The third-order valence-corrected chi connectivity index (χ3v) is 21.2. The number of phenols is 1. The first-order valence-corrected chi connectivity index (χ1v) is 34.5. The monoisotopic (exact) mass is 1330 g/mol. The summed E-state index contributed by atoms with van der Waals surface area (Å²) in [5.41, 5.74) is 2.11. The third-order valence-electron chi connectivity index (χ3n) is 18.0. The minimum atomic E-state index is -5.86. The molecule has 0 aromatic heterocycles. The van der Waals surface area contributed by atoms with E-state index in [2.05, 4.69) is 144 Å². The van der Waals surface area contributed by atoms with Gasteiger partial charge in [0.05, 0.1) is 44.6 Å². The molecule has 0 amide bonds. The van der Waals surface area contributed by atoms with Crippen molar-refractivity contribution in [1.29, 1.82) is 0 Å². The molecule has 0 radical (unpaired) electrons. The van der Waals surface area contributed by atoms with Crippen LogP contribution in [-0.2, 0) is 75.1 Å². The number of carbonyl (C=O) groups excluding carboxylic acids is 5. The van der Waals surface area contributed by atoms with Gasteiger partial charge in [-0.3, -0.25) is 24.0 Å². The molecule has 6 atom stereocenters. The van der Waals surface area contributed by atoms with Crippen LogP contribution in [0.3, 0.4) is 0 Å². The van der Waals surface area contributed by atoms with Crippen LogP contribution in [0.5, 0.6) is 11.5 Å². The number of fused-ring (bicyclic) bond motifs is 3. The minimum Gasteiger partial charge on any atom is -0.743 e. The normalized spacial score (nSPS) is 18.5. The molecule has 4 aliphatic rings. The molecule has 19 heteroatoms. The Morgan fingerprint density at radius 1 is 0.585 bits per heavy atom. The van der Waals surface area contributed by atoms with Gasteiger partial charge in [0.25, 0.3) is 0 Å². The van der Waals surface area contributed by atoms with Crippen molar-refractivity contribution in [3.8, 4) is 11.5 Å².